The van der Waals surface area contributed by atoms with Crippen molar-refractivity contribution in [2.24, 2.45) is 0 Å². The first kappa shape index (κ1) is 25.5. The molecular formula is C25H42O4. The maximum atomic E-state index is 12.0. The maximum Gasteiger partial charge on any atom is 0.338 e. The van der Waals surface area contributed by atoms with E-state index in [0.717, 1.165) is 25.2 Å². The Labute approximate surface area is 178 Å². The van der Waals surface area contributed by atoms with Crippen LogP contribution in [0.2, 0.25) is 0 Å². The fourth-order valence-electron chi connectivity index (χ4n) is 3.20. The van der Waals surface area contributed by atoms with E-state index in [0.29, 0.717) is 12.2 Å². The smallest absolute Gasteiger partial charge is 0.338 e. The number of hydrogen-bond acceptors (Lipinski definition) is 4. The van der Waals surface area contributed by atoms with E-state index < -0.39 is 5.60 Å². The van der Waals surface area contributed by atoms with E-state index >= 15 is 0 Å². The zero-order valence-electron chi connectivity index (χ0n) is 18.9. The highest BCUT2D eigenvalue weighted by molar-refractivity contribution is 5.89. The Hall–Kier alpha value is -1.55. The lowest BCUT2D eigenvalue weighted by atomic mass is 10.1. The van der Waals surface area contributed by atoms with Crippen LogP contribution < -0.4 is 4.74 Å². The van der Waals surface area contributed by atoms with E-state index in [1.165, 1.54) is 64.2 Å². The average Bonchev–Trinajstić information content (AvgIpc) is 2.67. The van der Waals surface area contributed by atoms with Gasteiger partial charge in [0.15, 0.2) is 0 Å². The summed E-state index contributed by atoms with van der Waals surface area (Å²) >= 11 is 0. The lowest BCUT2D eigenvalue weighted by molar-refractivity contribution is 0.00695. The van der Waals surface area contributed by atoms with Crippen molar-refractivity contribution in [3.63, 3.8) is 0 Å². The van der Waals surface area contributed by atoms with Gasteiger partial charge >= 0.3 is 5.97 Å². The first-order valence-electron chi connectivity index (χ1n) is 11.5. The summed E-state index contributed by atoms with van der Waals surface area (Å²) in [5, 5.41) is 8.74. The molecule has 0 saturated carbocycles. The molecule has 1 aromatic rings. The van der Waals surface area contributed by atoms with Gasteiger partial charge in [0.25, 0.3) is 0 Å². The highest BCUT2D eigenvalue weighted by Gasteiger charge is 2.17. The number of benzene rings is 1. The molecule has 1 aromatic carbocycles. The van der Waals surface area contributed by atoms with Crippen LogP contribution >= 0.6 is 0 Å². The van der Waals surface area contributed by atoms with Crippen LogP contribution in [-0.2, 0) is 4.74 Å². The van der Waals surface area contributed by atoms with Crippen LogP contribution in [0.25, 0.3) is 0 Å². The van der Waals surface area contributed by atoms with Crippen molar-refractivity contribution in [2.75, 3.05) is 13.2 Å². The summed E-state index contributed by atoms with van der Waals surface area (Å²) in [6.45, 7) is 6.66. The predicted octanol–water partition coefficient (Wildman–Crippen LogP) is 6.69. The molecule has 0 unspecified atom stereocenters. The second-order valence-electron chi connectivity index (χ2n) is 8.84. The summed E-state index contributed by atoms with van der Waals surface area (Å²) in [7, 11) is 0. The summed E-state index contributed by atoms with van der Waals surface area (Å²) in [4.78, 5) is 12.0. The second-order valence-corrected chi connectivity index (χ2v) is 8.84. The standard InChI is InChI=1S/C25H42O4/c1-25(2,3)29-24(27)22-16-18-23(19-17-22)28-21-15-13-11-9-7-5-4-6-8-10-12-14-20-26/h16-19,26H,4-15,20-21H2,1-3H3. The molecule has 0 atom stereocenters. The maximum absolute atomic E-state index is 12.0. The zero-order chi connectivity index (χ0) is 21.4. The molecule has 0 spiro atoms. The molecule has 4 heteroatoms. The Kier molecular flexibility index (Phi) is 13.5. The molecule has 166 valence electrons. The average molecular weight is 407 g/mol. The van der Waals surface area contributed by atoms with Crippen molar-refractivity contribution in [3.05, 3.63) is 29.8 Å². The Morgan fingerprint density at radius 3 is 1.66 bits per heavy atom. The molecule has 0 heterocycles. The quantitative estimate of drug-likeness (QED) is 0.245. The molecule has 0 aromatic heterocycles. The van der Waals surface area contributed by atoms with E-state index in [9.17, 15) is 4.79 Å². The van der Waals surface area contributed by atoms with Crippen LogP contribution in [0.3, 0.4) is 0 Å². The molecule has 0 radical (unpaired) electrons. The number of aliphatic hydroxyl groups is 1. The van der Waals surface area contributed by atoms with Crippen LogP contribution in [0.5, 0.6) is 5.75 Å². The Morgan fingerprint density at radius 2 is 1.21 bits per heavy atom. The van der Waals surface area contributed by atoms with E-state index in [1.54, 1.807) is 12.1 Å². The van der Waals surface area contributed by atoms with Gasteiger partial charge < -0.3 is 14.6 Å². The van der Waals surface area contributed by atoms with Crippen LogP contribution in [0.1, 0.15) is 108 Å². The fourth-order valence-corrected chi connectivity index (χ4v) is 3.20. The fraction of sp³-hybridized carbons (Fsp3) is 0.720. The minimum absolute atomic E-state index is 0.300. The molecule has 1 N–H and O–H groups in total. The van der Waals surface area contributed by atoms with Gasteiger partial charge in [0, 0.05) is 6.61 Å². The number of ether oxygens (including phenoxy) is 2. The van der Waals surface area contributed by atoms with Gasteiger partial charge in [0.2, 0.25) is 0 Å². The van der Waals surface area contributed by atoms with Crippen molar-refractivity contribution in [3.8, 4) is 5.75 Å². The van der Waals surface area contributed by atoms with Gasteiger partial charge in [0.1, 0.15) is 11.4 Å². The third-order valence-corrected chi connectivity index (χ3v) is 4.81. The molecule has 0 aliphatic carbocycles. The van der Waals surface area contributed by atoms with Gasteiger partial charge in [0.05, 0.1) is 12.2 Å². The summed E-state index contributed by atoms with van der Waals surface area (Å²) in [6.07, 6.45) is 15.0. The van der Waals surface area contributed by atoms with Gasteiger partial charge in [-0.15, -0.1) is 0 Å². The van der Waals surface area contributed by atoms with Crippen molar-refractivity contribution < 1.29 is 19.4 Å². The Bertz CT molecular complexity index is 531. The molecule has 0 aliphatic heterocycles. The topological polar surface area (TPSA) is 55.8 Å². The van der Waals surface area contributed by atoms with Gasteiger partial charge in [-0.25, -0.2) is 4.79 Å². The minimum Gasteiger partial charge on any atom is -0.494 e. The minimum atomic E-state index is -0.479. The second kappa shape index (κ2) is 15.3. The van der Waals surface area contributed by atoms with E-state index in [-0.39, 0.29) is 5.97 Å². The number of rotatable bonds is 16. The van der Waals surface area contributed by atoms with Crippen molar-refractivity contribution in [1.29, 1.82) is 0 Å². The van der Waals surface area contributed by atoms with Crippen LogP contribution in [0.15, 0.2) is 24.3 Å². The van der Waals surface area contributed by atoms with E-state index in [2.05, 4.69) is 0 Å². The highest BCUT2D eigenvalue weighted by atomic mass is 16.6. The highest BCUT2D eigenvalue weighted by Crippen LogP contribution is 2.17. The van der Waals surface area contributed by atoms with Gasteiger partial charge in [-0.2, -0.15) is 0 Å². The lowest BCUT2D eigenvalue weighted by Gasteiger charge is -2.19. The SMILES string of the molecule is CC(C)(C)OC(=O)c1ccc(OCCCCCCCCCCCCCCO)cc1. The van der Waals surface area contributed by atoms with E-state index in [1.807, 2.05) is 32.9 Å². The number of hydrogen-bond donors (Lipinski definition) is 1. The lowest BCUT2D eigenvalue weighted by Crippen LogP contribution is -2.23. The molecule has 0 fully saturated rings. The van der Waals surface area contributed by atoms with Gasteiger partial charge in [-0.3, -0.25) is 0 Å². The molecule has 1 rings (SSSR count). The molecule has 0 amide bonds. The first-order chi connectivity index (χ1) is 13.9. The third-order valence-electron chi connectivity index (χ3n) is 4.81. The summed E-state index contributed by atoms with van der Waals surface area (Å²) in [6, 6.07) is 7.19. The third kappa shape index (κ3) is 14.1. The molecular weight excluding hydrogens is 364 g/mol. The Morgan fingerprint density at radius 1 is 0.759 bits per heavy atom. The summed E-state index contributed by atoms with van der Waals surface area (Å²) < 4.78 is 11.1. The number of carbonyl (C=O) groups is 1. The largest absolute Gasteiger partial charge is 0.494 e. The summed E-state index contributed by atoms with van der Waals surface area (Å²) in [5.41, 5.74) is 0.0739. The van der Waals surface area contributed by atoms with Gasteiger partial charge in [-0.05, 0) is 57.9 Å². The first-order valence-corrected chi connectivity index (χ1v) is 11.5. The Balaban J connectivity index is 1.98. The molecule has 4 nitrogen and oxygen atoms in total. The number of carbonyl (C=O) groups excluding carboxylic acids is 1. The normalized spacial score (nSPS) is 11.4. The van der Waals surface area contributed by atoms with Crippen LogP contribution in [-0.4, -0.2) is 29.9 Å². The monoisotopic (exact) mass is 406 g/mol. The molecule has 0 aliphatic rings. The van der Waals surface area contributed by atoms with Crippen LogP contribution in [0.4, 0.5) is 0 Å². The zero-order valence-corrected chi connectivity index (χ0v) is 18.9. The number of unbranched alkanes of at least 4 members (excludes halogenated alkanes) is 11. The van der Waals surface area contributed by atoms with Crippen molar-refractivity contribution in [2.45, 2.75) is 103 Å². The summed E-state index contributed by atoms with van der Waals surface area (Å²) in [5.74, 6) is 0.502. The van der Waals surface area contributed by atoms with E-state index in [4.69, 9.17) is 14.6 Å². The molecule has 0 saturated heterocycles. The van der Waals surface area contributed by atoms with Crippen molar-refractivity contribution >= 4 is 5.97 Å². The van der Waals surface area contributed by atoms with Crippen LogP contribution in [0, 0.1) is 0 Å². The number of esters is 1. The molecule has 0 bridgehead atoms. The molecule has 29 heavy (non-hydrogen) atoms. The van der Waals surface area contributed by atoms with Crippen molar-refractivity contribution in [1.82, 2.24) is 0 Å². The van der Waals surface area contributed by atoms with Gasteiger partial charge in [-0.1, -0.05) is 64.2 Å². The number of aliphatic hydroxyl groups excluding tert-OH is 1. The predicted molar refractivity (Wildman–Crippen MR) is 120 cm³/mol.